The van der Waals surface area contributed by atoms with Gasteiger partial charge in [0.05, 0.1) is 16.0 Å². The molecule has 0 radical (unpaired) electrons. The number of thioether (sulfide) groups is 1. The van der Waals surface area contributed by atoms with Crippen LogP contribution in [0.25, 0.3) is 0 Å². The number of hydrogen-bond acceptors (Lipinski definition) is 6. The average Bonchev–Trinajstić information content (AvgIpc) is 2.65. The van der Waals surface area contributed by atoms with Gasteiger partial charge in [-0.05, 0) is 36.1 Å². The van der Waals surface area contributed by atoms with E-state index < -0.39 is 11.2 Å². The van der Waals surface area contributed by atoms with Crippen molar-refractivity contribution < 1.29 is 14.7 Å². The summed E-state index contributed by atoms with van der Waals surface area (Å²) in [5, 5.41) is 14.0. The number of thiol groups is 1. The molecule has 2 rings (SSSR count). The summed E-state index contributed by atoms with van der Waals surface area (Å²) in [6, 6.07) is 14.2. The minimum absolute atomic E-state index is 0.186. The number of benzene rings is 2. The molecule has 0 spiro atoms. The maximum atomic E-state index is 11.5. The van der Waals surface area contributed by atoms with E-state index in [9.17, 15) is 9.90 Å². The average molecular weight is 409 g/mol. The van der Waals surface area contributed by atoms with Crippen LogP contribution in [0.1, 0.15) is 16.4 Å². The number of rotatable bonds is 6. The molecule has 0 heterocycles. The normalized spacial score (nSPS) is 13.4. The molecular formula is C18H17ClN2O3S2. The molecule has 0 aromatic heterocycles. The highest BCUT2D eigenvalue weighted by Crippen LogP contribution is 2.32. The van der Waals surface area contributed by atoms with E-state index in [2.05, 4.69) is 27.6 Å². The Balaban J connectivity index is 2.48. The molecule has 136 valence electrons. The van der Waals surface area contributed by atoms with Crippen molar-refractivity contribution in [2.75, 3.05) is 13.4 Å². The Bertz CT molecular complexity index is 839. The molecule has 0 fully saturated rings. The highest BCUT2D eigenvalue weighted by molar-refractivity contribution is 8.14. The molecule has 2 aromatic carbocycles. The Hall–Kier alpha value is -1.96. The summed E-state index contributed by atoms with van der Waals surface area (Å²) in [5.41, 5.74) is 1.66. The molecule has 0 amide bonds. The van der Waals surface area contributed by atoms with Gasteiger partial charge >= 0.3 is 5.97 Å². The van der Waals surface area contributed by atoms with Crippen molar-refractivity contribution >= 4 is 58.4 Å². The summed E-state index contributed by atoms with van der Waals surface area (Å²) in [4.78, 5) is 20.8. The topological polar surface area (TPSA) is 71.2 Å². The molecule has 1 unspecified atom stereocenters. The lowest BCUT2D eigenvalue weighted by molar-refractivity contribution is -0.129. The van der Waals surface area contributed by atoms with E-state index in [1.165, 1.54) is 18.9 Å². The van der Waals surface area contributed by atoms with Crippen LogP contribution in [0.4, 0.5) is 5.69 Å². The van der Waals surface area contributed by atoms with Crippen molar-refractivity contribution in [3.05, 3.63) is 64.7 Å². The van der Waals surface area contributed by atoms with Crippen molar-refractivity contribution in [1.29, 1.82) is 0 Å². The number of nitrogens with zero attached hydrogens (tertiary/aromatic N) is 2. The number of halogens is 1. The predicted molar refractivity (Wildman–Crippen MR) is 111 cm³/mol. The molecule has 2 aromatic rings. The van der Waals surface area contributed by atoms with Gasteiger partial charge in [-0.3, -0.25) is 0 Å². The highest BCUT2D eigenvalue weighted by Gasteiger charge is 2.23. The molecule has 0 bridgehead atoms. The van der Waals surface area contributed by atoms with Crippen molar-refractivity contribution in [3.8, 4) is 0 Å². The first-order valence-corrected chi connectivity index (χ1v) is 9.59. The van der Waals surface area contributed by atoms with E-state index >= 15 is 0 Å². The van der Waals surface area contributed by atoms with E-state index in [-0.39, 0.29) is 5.71 Å². The van der Waals surface area contributed by atoms with Crippen LogP contribution >= 0.6 is 36.0 Å². The summed E-state index contributed by atoms with van der Waals surface area (Å²) in [7, 11) is 1.30. The quantitative estimate of drug-likeness (QED) is 0.310. The monoisotopic (exact) mass is 408 g/mol. The lowest BCUT2D eigenvalue weighted by Crippen LogP contribution is -2.18. The van der Waals surface area contributed by atoms with Crippen LogP contribution in [0.2, 0.25) is 5.02 Å². The van der Waals surface area contributed by atoms with E-state index in [0.29, 0.717) is 21.2 Å². The molecule has 0 saturated carbocycles. The summed E-state index contributed by atoms with van der Waals surface area (Å²) in [6.07, 6.45) is 1.89. The maximum Gasteiger partial charge on any atom is 0.358 e. The summed E-state index contributed by atoms with van der Waals surface area (Å²) in [5.74, 6) is -1.18. The van der Waals surface area contributed by atoms with Gasteiger partial charge in [0.25, 0.3) is 0 Å². The molecule has 26 heavy (non-hydrogen) atoms. The zero-order valence-electron chi connectivity index (χ0n) is 14.1. The van der Waals surface area contributed by atoms with Crippen molar-refractivity contribution in [2.45, 2.75) is 5.25 Å². The minimum atomic E-state index is -1.18. The van der Waals surface area contributed by atoms with Gasteiger partial charge in [0.15, 0.2) is 5.71 Å². The minimum Gasteiger partial charge on any atom is -0.476 e. The Labute approximate surface area is 166 Å². The fourth-order valence-corrected chi connectivity index (χ4v) is 3.51. The van der Waals surface area contributed by atoms with E-state index in [0.717, 1.165) is 5.69 Å². The predicted octanol–water partition coefficient (Wildman–Crippen LogP) is 4.84. The number of aliphatic carboxylic acids is 1. The van der Waals surface area contributed by atoms with Crippen LogP contribution in [0.5, 0.6) is 0 Å². The molecular weight excluding hydrogens is 392 g/mol. The largest absolute Gasteiger partial charge is 0.476 e. The number of carboxylic acids is 1. The van der Waals surface area contributed by atoms with Gasteiger partial charge in [-0.1, -0.05) is 41.0 Å². The summed E-state index contributed by atoms with van der Waals surface area (Å²) >= 11 is 12.0. The SMILES string of the molecule is CON=C(C(=O)O)c1ccccc1C(S)C(=Nc1ccc(Cl)cc1)SC. The number of oxime groups is 1. The van der Waals surface area contributed by atoms with Crippen LogP contribution in [-0.2, 0) is 9.63 Å². The first-order valence-electron chi connectivity index (χ1n) is 7.47. The number of hydrogen-bond donors (Lipinski definition) is 2. The van der Waals surface area contributed by atoms with Gasteiger partial charge in [-0.2, -0.15) is 12.6 Å². The summed E-state index contributed by atoms with van der Waals surface area (Å²) < 4.78 is 0. The number of carbonyl (C=O) groups is 1. The zero-order valence-corrected chi connectivity index (χ0v) is 16.6. The number of carboxylic acid groups (broad SMARTS) is 1. The molecule has 8 heteroatoms. The Morgan fingerprint density at radius 1 is 1.23 bits per heavy atom. The Morgan fingerprint density at radius 2 is 1.88 bits per heavy atom. The smallest absolute Gasteiger partial charge is 0.358 e. The van der Waals surface area contributed by atoms with Crippen molar-refractivity contribution in [2.24, 2.45) is 10.1 Å². The van der Waals surface area contributed by atoms with Crippen LogP contribution in [0, 0.1) is 0 Å². The lowest BCUT2D eigenvalue weighted by atomic mass is 10.0. The zero-order chi connectivity index (χ0) is 19.1. The van der Waals surface area contributed by atoms with Crippen molar-refractivity contribution in [1.82, 2.24) is 0 Å². The van der Waals surface area contributed by atoms with Crippen LogP contribution in [0.15, 0.2) is 58.7 Å². The van der Waals surface area contributed by atoms with E-state index in [1.807, 2.05) is 12.3 Å². The van der Waals surface area contributed by atoms with Crippen molar-refractivity contribution in [3.63, 3.8) is 0 Å². The Morgan fingerprint density at radius 3 is 2.46 bits per heavy atom. The lowest BCUT2D eigenvalue weighted by Gasteiger charge is -2.16. The molecule has 0 aliphatic carbocycles. The molecule has 0 aliphatic heterocycles. The van der Waals surface area contributed by atoms with Gasteiger partial charge in [0.2, 0.25) is 0 Å². The number of aliphatic imine (C=N–C) groups is 1. The molecule has 1 N–H and O–H groups in total. The molecule has 0 aliphatic rings. The van der Waals surface area contributed by atoms with Gasteiger partial charge in [0, 0.05) is 10.6 Å². The molecule has 0 saturated heterocycles. The third-order valence-electron chi connectivity index (χ3n) is 3.40. The van der Waals surface area contributed by atoms with E-state index in [4.69, 9.17) is 11.6 Å². The molecule has 1 atom stereocenters. The second kappa shape index (κ2) is 9.66. The first-order chi connectivity index (χ1) is 12.5. The fourth-order valence-electron chi connectivity index (χ4n) is 2.24. The van der Waals surface area contributed by atoms with Gasteiger partial charge in [0.1, 0.15) is 7.11 Å². The third kappa shape index (κ3) is 5.03. The maximum absolute atomic E-state index is 11.5. The van der Waals surface area contributed by atoms with E-state index in [1.54, 1.807) is 42.5 Å². The van der Waals surface area contributed by atoms with Crippen LogP contribution < -0.4 is 0 Å². The second-order valence-electron chi connectivity index (χ2n) is 5.05. The van der Waals surface area contributed by atoms with Gasteiger partial charge < -0.3 is 9.94 Å². The third-order valence-corrected chi connectivity index (χ3v) is 5.10. The Kier molecular flexibility index (Phi) is 7.56. The molecule has 5 nitrogen and oxygen atoms in total. The van der Waals surface area contributed by atoms with Gasteiger partial charge in [-0.25, -0.2) is 9.79 Å². The van der Waals surface area contributed by atoms with Gasteiger partial charge in [-0.15, -0.1) is 11.8 Å². The fraction of sp³-hybridized carbons (Fsp3) is 0.167. The second-order valence-corrected chi connectivity index (χ2v) is 6.83. The standard InChI is InChI=1S/C18H17ClN2O3S2/c1-24-21-15(18(22)23)13-5-3-4-6-14(13)16(25)17(26-2)20-12-9-7-11(19)8-10-12/h3-10,16,25H,1-2H3,(H,22,23). The highest BCUT2D eigenvalue weighted by atomic mass is 35.5. The summed E-state index contributed by atoms with van der Waals surface area (Å²) in [6.45, 7) is 0. The first kappa shape index (κ1) is 20.4. The van der Waals surface area contributed by atoms with Crippen LogP contribution in [0.3, 0.4) is 0 Å². The van der Waals surface area contributed by atoms with Crippen LogP contribution in [-0.4, -0.2) is 35.2 Å².